The van der Waals surface area contributed by atoms with Gasteiger partial charge in [0.2, 0.25) is 0 Å². The molecule has 0 aromatic heterocycles. The largest absolute Gasteiger partial charge is 0.451 e. The number of imide groups is 1. The minimum Gasteiger partial charge on any atom is -0.451 e. The van der Waals surface area contributed by atoms with Crippen molar-refractivity contribution in [3.63, 3.8) is 0 Å². The standard InChI is InChI=1S/C19H14ClFN2O5/c1-10(17(25)22-15-7-6-11(21)8-14(15)20)28-16(24)9-23-18(26)12-4-2-3-5-13(12)19(23)27/h2-8,10H,9H2,1H3,(H,22,25)/t10-/m0/s1. The van der Waals surface area contributed by atoms with E-state index in [0.29, 0.717) is 0 Å². The number of nitrogens with zero attached hydrogens (tertiary/aromatic N) is 1. The van der Waals surface area contributed by atoms with Gasteiger partial charge in [0.1, 0.15) is 12.4 Å². The highest BCUT2D eigenvalue weighted by Gasteiger charge is 2.37. The van der Waals surface area contributed by atoms with E-state index in [-0.39, 0.29) is 21.8 Å². The SMILES string of the molecule is C[C@H](OC(=O)CN1C(=O)c2ccccc2C1=O)C(=O)Nc1ccc(F)cc1Cl. The summed E-state index contributed by atoms with van der Waals surface area (Å²) in [5, 5.41) is 2.39. The van der Waals surface area contributed by atoms with E-state index in [4.69, 9.17) is 16.3 Å². The molecule has 0 saturated carbocycles. The van der Waals surface area contributed by atoms with Gasteiger partial charge >= 0.3 is 5.97 Å². The molecular weight excluding hydrogens is 391 g/mol. The van der Waals surface area contributed by atoms with Crippen molar-refractivity contribution in [2.45, 2.75) is 13.0 Å². The lowest BCUT2D eigenvalue weighted by atomic mass is 10.1. The van der Waals surface area contributed by atoms with Crippen LogP contribution < -0.4 is 5.32 Å². The van der Waals surface area contributed by atoms with Crippen molar-refractivity contribution in [3.8, 4) is 0 Å². The summed E-state index contributed by atoms with van der Waals surface area (Å²) in [7, 11) is 0. The third-order valence-electron chi connectivity index (χ3n) is 4.03. The first kappa shape index (κ1) is 19.5. The molecule has 0 fully saturated rings. The van der Waals surface area contributed by atoms with Crippen LogP contribution in [0.4, 0.5) is 10.1 Å². The van der Waals surface area contributed by atoms with Crippen LogP contribution in [-0.4, -0.2) is 41.2 Å². The maximum absolute atomic E-state index is 13.0. The average Bonchev–Trinajstić information content (AvgIpc) is 2.89. The third-order valence-corrected chi connectivity index (χ3v) is 4.34. The van der Waals surface area contributed by atoms with Crippen molar-refractivity contribution in [1.29, 1.82) is 0 Å². The highest BCUT2D eigenvalue weighted by molar-refractivity contribution is 6.33. The number of amides is 3. The lowest BCUT2D eigenvalue weighted by molar-refractivity contribution is -0.153. The van der Waals surface area contributed by atoms with Crippen LogP contribution in [-0.2, 0) is 14.3 Å². The van der Waals surface area contributed by atoms with Gasteiger partial charge in [-0.2, -0.15) is 0 Å². The number of ether oxygens (including phenoxy) is 1. The maximum Gasteiger partial charge on any atom is 0.326 e. The molecule has 2 aromatic carbocycles. The molecule has 144 valence electrons. The Morgan fingerprint density at radius 3 is 2.32 bits per heavy atom. The van der Waals surface area contributed by atoms with Crippen molar-refractivity contribution >= 4 is 41.0 Å². The summed E-state index contributed by atoms with van der Waals surface area (Å²) in [6.45, 7) is 0.689. The molecule has 2 aromatic rings. The third kappa shape index (κ3) is 3.86. The van der Waals surface area contributed by atoms with Gasteiger partial charge in [0.25, 0.3) is 17.7 Å². The maximum atomic E-state index is 13.0. The molecule has 0 unspecified atom stereocenters. The predicted molar refractivity (Wildman–Crippen MR) is 97.4 cm³/mol. The van der Waals surface area contributed by atoms with Crippen LogP contribution in [0.25, 0.3) is 0 Å². The molecular formula is C19H14ClFN2O5. The molecule has 0 radical (unpaired) electrons. The molecule has 0 spiro atoms. The number of hydrogen-bond acceptors (Lipinski definition) is 5. The topological polar surface area (TPSA) is 92.8 Å². The first-order valence-corrected chi connectivity index (χ1v) is 8.56. The molecule has 0 bridgehead atoms. The van der Waals surface area contributed by atoms with Crippen LogP contribution >= 0.6 is 11.6 Å². The number of fused-ring (bicyclic) bond motifs is 1. The number of anilines is 1. The van der Waals surface area contributed by atoms with Gasteiger partial charge in [-0.1, -0.05) is 23.7 Å². The van der Waals surface area contributed by atoms with Crippen LogP contribution in [0.15, 0.2) is 42.5 Å². The van der Waals surface area contributed by atoms with E-state index in [0.717, 1.165) is 17.0 Å². The van der Waals surface area contributed by atoms with Gasteiger partial charge in [-0.15, -0.1) is 0 Å². The lowest BCUT2D eigenvalue weighted by Gasteiger charge is -2.17. The number of rotatable bonds is 5. The predicted octanol–water partition coefficient (Wildman–Crippen LogP) is 2.65. The van der Waals surface area contributed by atoms with Crippen molar-refractivity contribution in [1.82, 2.24) is 4.90 Å². The summed E-state index contributed by atoms with van der Waals surface area (Å²) in [5.74, 6) is -3.41. The second kappa shape index (κ2) is 7.77. The first-order chi connectivity index (χ1) is 13.3. The van der Waals surface area contributed by atoms with Crippen LogP contribution in [0.2, 0.25) is 5.02 Å². The molecule has 1 aliphatic heterocycles. The molecule has 0 aliphatic carbocycles. The molecule has 3 rings (SSSR count). The van der Waals surface area contributed by atoms with E-state index in [1.807, 2.05) is 0 Å². The zero-order valence-corrected chi connectivity index (χ0v) is 15.3. The van der Waals surface area contributed by atoms with Gasteiger partial charge < -0.3 is 10.1 Å². The Hall–Kier alpha value is -3.26. The molecule has 7 nitrogen and oxygen atoms in total. The van der Waals surface area contributed by atoms with E-state index < -0.39 is 42.2 Å². The van der Waals surface area contributed by atoms with E-state index in [1.54, 1.807) is 12.1 Å². The van der Waals surface area contributed by atoms with E-state index in [2.05, 4.69) is 5.32 Å². The van der Waals surface area contributed by atoms with Gasteiger partial charge in [0.15, 0.2) is 6.10 Å². The number of carbonyl (C=O) groups excluding carboxylic acids is 4. The number of benzene rings is 2. The number of halogens is 2. The molecule has 1 N–H and O–H groups in total. The zero-order chi connectivity index (χ0) is 20.4. The Kier molecular flexibility index (Phi) is 5.41. The second-order valence-corrected chi connectivity index (χ2v) is 6.39. The summed E-state index contributed by atoms with van der Waals surface area (Å²) in [5.41, 5.74) is 0.561. The molecule has 1 atom stereocenters. The average molecular weight is 405 g/mol. The summed E-state index contributed by atoms with van der Waals surface area (Å²) in [6, 6.07) is 9.60. The highest BCUT2D eigenvalue weighted by Crippen LogP contribution is 2.23. The Bertz CT molecular complexity index is 959. The Morgan fingerprint density at radius 1 is 1.14 bits per heavy atom. The van der Waals surface area contributed by atoms with Crippen LogP contribution in [0.5, 0.6) is 0 Å². The monoisotopic (exact) mass is 404 g/mol. The fraction of sp³-hybridized carbons (Fsp3) is 0.158. The minimum absolute atomic E-state index is 0.0158. The molecule has 0 saturated heterocycles. The van der Waals surface area contributed by atoms with Crippen LogP contribution in [0.1, 0.15) is 27.6 Å². The number of hydrogen-bond donors (Lipinski definition) is 1. The number of esters is 1. The van der Waals surface area contributed by atoms with Crippen LogP contribution in [0.3, 0.4) is 0 Å². The van der Waals surface area contributed by atoms with E-state index in [1.165, 1.54) is 25.1 Å². The van der Waals surface area contributed by atoms with Gasteiger partial charge in [0, 0.05) is 0 Å². The van der Waals surface area contributed by atoms with Crippen molar-refractivity contribution in [2.75, 3.05) is 11.9 Å². The van der Waals surface area contributed by atoms with E-state index in [9.17, 15) is 23.6 Å². The van der Waals surface area contributed by atoms with Gasteiger partial charge in [-0.05, 0) is 37.3 Å². The normalized spacial score (nSPS) is 13.9. The Labute approximate surface area is 164 Å². The van der Waals surface area contributed by atoms with Crippen LogP contribution in [0, 0.1) is 5.82 Å². The fourth-order valence-corrected chi connectivity index (χ4v) is 2.84. The van der Waals surface area contributed by atoms with E-state index >= 15 is 0 Å². The summed E-state index contributed by atoms with van der Waals surface area (Å²) in [4.78, 5) is 49.5. The molecule has 3 amide bonds. The Balaban J connectivity index is 1.59. The number of nitrogens with one attached hydrogen (secondary N) is 1. The molecule has 1 heterocycles. The summed E-state index contributed by atoms with van der Waals surface area (Å²) in [6.07, 6.45) is -1.23. The van der Waals surface area contributed by atoms with Crippen molar-refractivity contribution in [2.24, 2.45) is 0 Å². The van der Waals surface area contributed by atoms with Gasteiger partial charge in [-0.25, -0.2) is 4.39 Å². The second-order valence-electron chi connectivity index (χ2n) is 5.99. The smallest absolute Gasteiger partial charge is 0.326 e. The lowest BCUT2D eigenvalue weighted by Crippen LogP contribution is -2.38. The Morgan fingerprint density at radius 2 is 1.75 bits per heavy atom. The van der Waals surface area contributed by atoms with Crippen molar-refractivity contribution < 1.29 is 28.3 Å². The summed E-state index contributed by atoms with van der Waals surface area (Å²) < 4.78 is 18.0. The fourth-order valence-electron chi connectivity index (χ4n) is 2.63. The minimum atomic E-state index is -1.23. The number of carbonyl (C=O) groups is 4. The zero-order valence-electron chi connectivity index (χ0n) is 14.6. The highest BCUT2D eigenvalue weighted by atomic mass is 35.5. The quantitative estimate of drug-likeness (QED) is 0.611. The molecule has 9 heteroatoms. The van der Waals surface area contributed by atoms with Crippen molar-refractivity contribution in [3.05, 3.63) is 64.4 Å². The molecule has 1 aliphatic rings. The van der Waals surface area contributed by atoms with Gasteiger partial charge in [0.05, 0.1) is 21.8 Å². The summed E-state index contributed by atoms with van der Waals surface area (Å²) >= 11 is 5.83. The van der Waals surface area contributed by atoms with Gasteiger partial charge in [-0.3, -0.25) is 24.1 Å². The first-order valence-electron chi connectivity index (χ1n) is 8.18. The molecule has 28 heavy (non-hydrogen) atoms.